The van der Waals surface area contributed by atoms with E-state index in [4.69, 9.17) is 9.84 Å². The maximum absolute atomic E-state index is 11.5. The molecule has 0 bridgehead atoms. The van der Waals surface area contributed by atoms with Crippen LogP contribution in [0.15, 0.2) is 0 Å². The molecule has 0 aliphatic heterocycles. The fourth-order valence-corrected chi connectivity index (χ4v) is 1.18. The summed E-state index contributed by atoms with van der Waals surface area (Å²) in [5, 5.41) is 11.6. The Morgan fingerprint density at radius 2 is 2.14 bits per heavy atom. The Bertz CT molecular complexity index is 161. The fraction of sp³-hybridized carbons (Fsp3) is 0.900. The number of ether oxygens (including phenoxy) is 1. The van der Waals surface area contributed by atoms with Gasteiger partial charge in [-0.1, -0.05) is 6.92 Å². The first kappa shape index (κ1) is 13.4. The zero-order chi connectivity index (χ0) is 11.0. The van der Waals surface area contributed by atoms with Crippen molar-refractivity contribution in [3.8, 4) is 0 Å². The number of rotatable bonds is 7. The molecular formula is C10H21NO3. The standard InChI is InChI=1S/C10H21NO3/c1-4-9(6-7-12)11-10(13)8(3)14-5-2/h8-9,12H,4-7H2,1-3H3,(H,11,13). The Balaban J connectivity index is 3.88. The highest BCUT2D eigenvalue weighted by atomic mass is 16.5. The van der Waals surface area contributed by atoms with E-state index in [1.807, 2.05) is 13.8 Å². The van der Waals surface area contributed by atoms with Gasteiger partial charge < -0.3 is 15.2 Å². The smallest absolute Gasteiger partial charge is 0.249 e. The molecule has 0 aliphatic carbocycles. The summed E-state index contributed by atoms with van der Waals surface area (Å²) in [6.45, 7) is 6.19. The number of aliphatic hydroxyl groups excluding tert-OH is 1. The van der Waals surface area contributed by atoms with Gasteiger partial charge in [0, 0.05) is 19.3 Å². The number of carbonyl (C=O) groups is 1. The fourth-order valence-electron chi connectivity index (χ4n) is 1.18. The van der Waals surface area contributed by atoms with Crippen LogP contribution >= 0.6 is 0 Å². The number of hydrogen-bond acceptors (Lipinski definition) is 3. The molecule has 0 aliphatic rings. The quantitative estimate of drug-likeness (QED) is 0.640. The molecule has 0 aromatic carbocycles. The second-order valence-corrected chi connectivity index (χ2v) is 3.22. The van der Waals surface area contributed by atoms with E-state index >= 15 is 0 Å². The summed E-state index contributed by atoms with van der Waals surface area (Å²) in [5.74, 6) is -0.104. The Hall–Kier alpha value is -0.610. The van der Waals surface area contributed by atoms with Crippen LogP contribution in [0.3, 0.4) is 0 Å². The van der Waals surface area contributed by atoms with Gasteiger partial charge in [0.2, 0.25) is 5.91 Å². The van der Waals surface area contributed by atoms with Crippen molar-refractivity contribution in [3.63, 3.8) is 0 Å². The maximum Gasteiger partial charge on any atom is 0.249 e. The SMILES string of the molecule is CCOC(C)C(=O)NC(CC)CCO. The van der Waals surface area contributed by atoms with Gasteiger partial charge >= 0.3 is 0 Å². The van der Waals surface area contributed by atoms with Crippen LogP contribution in [-0.2, 0) is 9.53 Å². The molecule has 0 saturated carbocycles. The molecule has 2 N–H and O–H groups in total. The van der Waals surface area contributed by atoms with E-state index in [1.165, 1.54) is 0 Å². The van der Waals surface area contributed by atoms with E-state index in [2.05, 4.69) is 5.32 Å². The van der Waals surface area contributed by atoms with Gasteiger partial charge in [0.25, 0.3) is 0 Å². The first-order valence-electron chi connectivity index (χ1n) is 5.18. The summed E-state index contributed by atoms with van der Waals surface area (Å²) in [5.41, 5.74) is 0. The molecule has 0 radical (unpaired) electrons. The van der Waals surface area contributed by atoms with Crippen LogP contribution < -0.4 is 5.32 Å². The van der Waals surface area contributed by atoms with Gasteiger partial charge in [-0.05, 0) is 26.7 Å². The average molecular weight is 203 g/mol. The molecule has 2 unspecified atom stereocenters. The third-order valence-corrected chi connectivity index (χ3v) is 2.10. The van der Waals surface area contributed by atoms with Gasteiger partial charge in [0.05, 0.1) is 0 Å². The van der Waals surface area contributed by atoms with Crippen LogP contribution in [0.4, 0.5) is 0 Å². The van der Waals surface area contributed by atoms with Crippen LogP contribution in [0.2, 0.25) is 0 Å². The van der Waals surface area contributed by atoms with E-state index < -0.39 is 6.10 Å². The molecule has 0 rings (SSSR count). The number of carbonyl (C=O) groups excluding carboxylic acids is 1. The molecule has 0 heterocycles. The maximum atomic E-state index is 11.5. The lowest BCUT2D eigenvalue weighted by Gasteiger charge is -2.18. The Kier molecular flexibility index (Phi) is 7.42. The number of amides is 1. The van der Waals surface area contributed by atoms with Gasteiger partial charge in [0.15, 0.2) is 0 Å². The third kappa shape index (κ3) is 5.19. The van der Waals surface area contributed by atoms with Crippen molar-refractivity contribution in [1.82, 2.24) is 5.32 Å². The Morgan fingerprint density at radius 1 is 1.50 bits per heavy atom. The molecule has 0 spiro atoms. The second-order valence-electron chi connectivity index (χ2n) is 3.22. The van der Waals surface area contributed by atoms with Crippen molar-refractivity contribution in [3.05, 3.63) is 0 Å². The Morgan fingerprint density at radius 3 is 2.57 bits per heavy atom. The molecule has 14 heavy (non-hydrogen) atoms. The normalized spacial score (nSPS) is 14.9. The number of hydrogen-bond donors (Lipinski definition) is 2. The minimum atomic E-state index is -0.409. The highest BCUT2D eigenvalue weighted by molar-refractivity contribution is 5.80. The molecule has 0 aromatic heterocycles. The predicted octanol–water partition coefficient (Wildman–Crippen LogP) is 0.689. The van der Waals surface area contributed by atoms with Crippen LogP contribution in [0.5, 0.6) is 0 Å². The lowest BCUT2D eigenvalue weighted by atomic mass is 10.1. The summed E-state index contributed by atoms with van der Waals surface area (Å²) >= 11 is 0. The van der Waals surface area contributed by atoms with Gasteiger partial charge in [0.1, 0.15) is 6.10 Å². The van der Waals surface area contributed by atoms with E-state index in [0.717, 1.165) is 6.42 Å². The molecule has 0 saturated heterocycles. The van der Waals surface area contributed by atoms with Gasteiger partial charge in [-0.15, -0.1) is 0 Å². The van der Waals surface area contributed by atoms with Crippen molar-refractivity contribution in [1.29, 1.82) is 0 Å². The zero-order valence-corrected chi connectivity index (χ0v) is 9.25. The average Bonchev–Trinajstić information content (AvgIpc) is 2.17. The van der Waals surface area contributed by atoms with E-state index in [0.29, 0.717) is 13.0 Å². The zero-order valence-electron chi connectivity index (χ0n) is 9.25. The monoisotopic (exact) mass is 203 g/mol. The summed E-state index contributed by atoms with van der Waals surface area (Å²) in [4.78, 5) is 11.5. The van der Waals surface area contributed by atoms with E-state index in [9.17, 15) is 4.79 Å². The molecule has 4 heteroatoms. The summed E-state index contributed by atoms with van der Waals surface area (Å²) in [6.07, 6.45) is 1.01. The molecule has 1 amide bonds. The lowest BCUT2D eigenvalue weighted by Crippen LogP contribution is -2.41. The first-order chi connectivity index (χ1) is 6.65. The van der Waals surface area contributed by atoms with Crippen LogP contribution in [0, 0.1) is 0 Å². The first-order valence-corrected chi connectivity index (χ1v) is 5.18. The third-order valence-electron chi connectivity index (χ3n) is 2.10. The highest BCUT2D eigenvalue weighted by Crippen LogP contribution is 1.99. The highest BCUT2D eigenvalue weighted by Gasteiger charge is 2.15. The molecule has 2 atom stereocenters. The minimum Gasteiger partial charge on any atom is -0.396 e. The Labute approximate surface area is 85.6 Å². The largest absolute Gasteiger partial charge is 0.396 e. The summed E-state index contributed by atoms with van der Waals surface area (Å²) < 4.78 is 5.15. The second kappa shape index (κ2) is 7.76. The topological polar surface area (TPSA) is 58.6 Å². The molecule has 84 valence electrons. The van der Waals surface area contributed by atoms with Crippen LogP contribution in [0.25, 0.3) is 0 Å². The van der Waals surface area contributed by atoms with Crippen LogP contribution in [0.1, 0.15) is 33.6 Å². The van der Waals surface area contributed by atoms with Crippen molar-refractivity contribution in [2.45, 2.75) is 45.8 Å². The van der Waals surface area contributed by atoms with Crippen molar-refractivity contribution in [2.75, 3.05) is 13.2 Å². The van der Waals surface area contributed by atoms with Gasteiger partial charge in [-0.3, -0.25) is 4.79 Å². The molecule has 0 fully saturated rings. The minimum absolute atomic E-state index is 0.0513. The van der Waals surface area contributed by atoms with Crippen LogP contribution in [-0.4, -0.2) is 36.4 Å². The van der Waals surface area contributed by atoms with Gasteiger partial charge in [-0.2, -0.15) is 0 Å². The predicted molar refractivity (Wildman–Crippen MR) is 55.0 cm³/mol. The number of aliphatic hydroxyl groups is 1. The molecular weight excluding hydrogens is 182 g/mol. The summed E-state index contributed by atoms with van der Waals surface area (Å²) in [7, 11) is 0. The van der Waals surface area contributed by atoms with Gasteiger partial charge in [-0.25, -0.2) is 0 Å². The van der Waals surface area contributed by atoms with Crippen molar-refractivity contribution < 1.29 is 14.6 Å². The van der Waals surface area contributed by atoms with Crippen molar-refractivity contribution in [2.24, 2.45) is 0 Å². The van der Waals surface area contributed by atoms with Crippen molar-refractivity contribution >= 4 is 5.91 Å². The summed E-state index contributed by atoms with van der Waals surface area (Å²) in [6, 6.07) is 0.0513. The van der Waals surface area contributed by atoms with E-state index in [-0.39, 0.29) is 18.6 Å². The lowest BCUT2D eigenvalue weighted by molar-refractivity contribution is -0.132. The molecule has 0 aromatic rings. The number of nitrogens with one attached hydrogen (secondary N) is 1. The van der Waals surface area contributed by atoms with E-state index in [1.54, 1.807) is 6.92 Å². The molecule has 4 nitrogen and oxygen atoms in total.